The number of hydrogen-bond donors (Lipinski definition) is 1. The first kappa shape index (κ1) is 18.0. The van der Waals surface area contributed by atoms with E-state index in [2.05, 4.69) is 4.98 Å². The van der Waals surface area contributed by atoms with Crippen LogP contribution in [0, 0.1) is 17.6 Å². The summed E-state index contributed by atoms with van der Waals surface area (Å²) in [6, 6.07) is 5.63. The number of hydrogen-bond acceptors (Lipinski definition) is 3. The molecule has 4 nitrogen and oxygen atoms in total. The zero-order valence-electron chi connectivity index (χ0n) is 15.1. The molecule has 27 heavy (non-hydrogen) atoms. The molecule has 2 fully saturated rings. The Morgan fingerprint density at radius 2 is 1.93 bits per heavy atom. The molecule has 2 heterocycles. The van der Waals surface area contributed by atoms with Crippen molar-refractivity contribution in [2.24, 2.45) is 11.7 Å². The lowest BCUT2D eigenvalue weighted by Gasteiger charge is -2.21. The normalized spacial score (nSPS) is 25.1. The molecule has 6 heteroatoms. The number of likely N-dealkylation sites (tertiary alicyclic amines) is 1. The van der Waals surface area contributed by atoms with Crippen molar-refractivity contribution >= 4 is 5.91 Å². The maximum absolute atomic E-state index is 14.3. The molecule has 1 saturated heterocycles. The van der Waals surface area contributed by atoms with E-state index in [9.17, 15) is 13.6 Å². The van der Waals surface area contributed by atoms with Gasteiger partial charge in [0, 0.05) is 37.4 Å². The topological polar surface area (TPSA) is 59.2 Å². The highest BCUT2D eigenvalue weighted by molar-refractivity contribution is 5.84. The fraction of sp³-hybridized carbons (Fsp3) is 0.429. The summed E-state index contributed by atoms with van der Waals surface area (Å²) in [6.07, 6.45) is 6.54. The quantitative estimate of drug-likeness (QED) is 0.899. The van der Waals surface area contributed by atoms with Crippen molar-refractivity contribution in [2.45, 2.75) is 37.6 Å². The number of halogens is 2. The van der Waals surface area contributed by atoms with Gasteiger partial charge >= 0.3 is 0 Å². The van der Waals surface area contributed by atoms with E-state index in [-0.39, 0.29) is 29.3 Å². The third-order valence-corrected chi connectivity index (χ3v) is 5.68. The van der Waals surface area contributed by atoms with Gasteiger partial charge in [0.15, 0.2) is 0 Å². The van der Waals surface area contributed by atoms with Crippen LogP contribution in [0.3, 0.4) is 0 Å². The van der Waals surface area contributed by atoms with E-state index in [0.29, 0.717) is 18.5 Å². The molecule has 1 aromatic carbocycles. The molecule has 0 spiro atoms. The van der Waals surface area contributed by atoms with Crippen LogP contribution >= 0.6 is 0 Å². The van der Waals surface area contributed by atoms with E-state index in [1.54, 1.807) is 12.3 Å². The van der Waals surface area contributed by atoms with Crippen LogP contribution in [0.5, 0.6) is 0 Å². The van der Waals surface area contributed by atoms with Gasteiger partial charge in [-0.25, -0.2) is 8.78 Å². The molecule has 3 atom stereocenters. The molecule has 2 aromatic rings. The van der Waals surface area contributed by atoms with Crippen molar-refractivity contribution in [3.63, 3.8) is 0 Å². The SMILES string of the molecule is NC1CCCN(C(=O)C2CC2c2cnccc2-c2c(F)cccc2F)CC1. The number of amides is 1. The van der Waals surface area contributed by atoms with Gasteiger partial charge in [0.1, 0.15) is 11.6 Å². The minimum Gasteiger partial charge on any atom is -0.342 e. The molecule has 1 aliphatic heterocycles. The average Bonchev–Trinajstić information content (AvgIpc) is 3.46. The van der Waals surface area contributed by atoms with Crippen LogP contribution in [-0.2, 0) is 4.79 Å². The van der Waals surface area contributed by atoms with Crippen molar-refractivity contribution in [1.29, 1.82) is 0 Å². The molecule has 0 radical (unpaired) electrons. The average molecular weight is 371 g/mol. The Labute approximate surface area is 157 Å². The van der Waals surface area contributed by atoms with Gasteiger partial charge in [0.2, 0.25) is 5.91 Å². The third kappa shape index (κ3) is 3.58. The molecule has 142 valence electrons. The standard InChI is InChI=1S/C21H23F2N3O/c22-18-4-1-5-19(23)20(18)14-6-8-25-12-17(14)15-11-16(15)21(27)26-9-2-3-13(24)7-10-26/h1,4-6,8,12-13,15-16H,2-3,7,9-11,24H2. The fourth-order valence-electron chi connectivity index (χ4n) is 4.07. The minimum absolute atomic E-state index is 0.0443. The first-order chi connectivity index (χ1) is 13.1. The van der Waals surface area contributed by atoms with Crippen LogP contribution in [0.2, 0.25) is 0 Å². The van der Waals surface area contributed by atoms with Gasteiger partial charge in [-0.3, -0.25) is 9.78 Å². The predicted octanol–water partition coefficient (Wildman–Crippen LogP) is 3.47. The molecule has 4 rings (SSSR count). The molecular weight excluding hydrogens is 348 g/mol. The highest BCUT2D eigenvalue weighted by atomic mass is 19.1. The summed E-state index contributed by atoms with van der Waals surface area (Å²) >= 11 is 0. The Bertz CT molecular complexity index is 837. The smallest absolute Gasteiger partial charge is 0.226 e. The van der Waals surface area contributed by atoms with Crippen molar-refractivity contribution in [3.8, 4) is 11.1 Å². The Morgan fingerprint density at radius 1 is 1.15 bits per heavy atom. The first-order valence-electron chi connectivity index (χ1n) is 9.49. The maximum Gasteiger partial charge on any atom is 0.226 e. The molecule has 1 aliphatic carbocycles. The number of carbonyl (C=O) groups is 1. The highest BCUT2D eigenvalue weighted by Gasteiger charge is 2.47. The predicted molar refractivity (Wildman–Crippen MR) is 98.8 cm³/mol. The number of carbonyl (C=O) groups excluding carboxylic acids is 1. The number of nitrogens with zero attached hydrogens (tertiary/aromatic N) is 2. The minimum atomic E-state index is -0.604. The zero-order valence-corrected chi connectivity index (χ0v) is 15.1. The third-order valence-electron chi connectivity index (χ3n) is 5.68. The summed E-state index contributed by atoms with van der Waals surface area (Å²) in [6.45, 7) is 1.42. The molecule has 2 aliphatic rings. The van der Waals surface area contributed by atoms with Crippen molar-refractivity contribution < 1.29 is 13.6 Å². The second-order valence-electron chi connectivity index (χ2n) is 7.52. The Balaban J connectivity index is 1.57. The first-order valence-corrected chi connectivity index (χ1v) is 9.49. The van der Waals surface area contributed by atoms with E-state index in [0.717, 1.165) is 31.4 Å². The summed E-state index contributed by atoms with van der Waals surface area (Å²) in [4.78, 5) is 18.9. The van der Waals surface area contributed by atoms with Gasteiger partial charge in [-0.05, 0) is 60.9 Å². The molecular formula is C21H23F2N3O. The van der Waals surface area contributed by atoms with Crippen molar-refractivity contribution in [2.75, 3.05) is 13.1 Å². The summed E-state index contributed by atoms with van der Waals surface area (Å²) < 4.78 is 28.6. The molecule has 3 unspecified atom stereocenters. The van der Waals surface area contributed by atoms with E-state index in [1.165, 1.54) is 24.4 Å². The molecule has 1 amide bonds. The van der Waals surface area contributed by atoms with E-state index < -0.39 is 11.6 Å². The lowest BCUT2D eigenvalue weighted by atomic mass is 9.97. The second kappa shape index (κ2) is 7.35. The van der Waals surface area contributed by atoms with Gasteiger partial charge in [0.05, 0.1) is 5.56 Å². The Kier molecular flexibility index (Phi) is 4.91. The van der Waals surface area contributed by atoms with Crippen LogP contribution < -0.4 is 5.73 Å². The monoisotopic (exact) mass is 371 g/mol. The van der Waals surface area contributed by atoms with Gasteiger partial charge in [-0.1, -0.05) is 6.07 Å². The van der Waals surface area contributed by atoms with Crippen LogP contribution in [0.1, 0.15) is 37.2 Å². The van der Waals surface area contributed by atoms with Crippen molar-refractivity contribution in [3.05, 3.63) is 53.9 Å². The Morgan fingerprint density at radius 3 is 2.70 bits per heavy atom. The van der Waals surface area contributed by atoms with Crippen LogP contribution in [0.25, 0.3) is 11.1 Å². The number of nitrogens with two attached hydrogens (primary N) is 1. The van der Waals surface area contributed by atoms with Gasteiger partial charge in [0.25, 0.3) is 0 Å². The summed E-state index contributed by atoms with van der Waals surface area (Å²) in [7, 11) is 0. The maximum atomic E-state index is 14.3. The lowest BCUT2D eigenvalue weighted by molar-refractivity contribution is -0.132. The van der Waals surface area contributed by atoms with Crippen molar-refractivity contribution in [1.82, 2.24) is 9.88 Å². The summed E-state index contributed by atoms with van der Waals surface area (Å²) in [5.41, 5.74) is 7.18. The number of aromatic nitrogens is 1. The molecule has 0 bridgehead atoms. The van der Waals surface area contributed by atoms with Crippen LogP contribution in [0.15, 0.2) is 36.7 Å². The fourth-order valence-corrected chi connectivity index (χ4v) is 4.07. The highest BCUT2D eigenvalue weighted by Crippen LogP contribution is 2.51. The van der Waals surface area contributed by atoms with Crippen LogP contribution in [-0.4, -0.2) is 34.9 Å². The van der Waals surface area contributed by atoms with E-state index in [1.807, 2.05) is 4.90 Å². The summed E-state index contributed by atoms with van der Waals surface area (Å²) in [5.74, 6) is -1.27. The molecule has 2 N–H and O–H groups in total. The van der Waals surface area contributed by atoms with Crippen LogP contribution in [0.4, 0.5) is 8.78 Å². The van der Waals surface area contributed by atoms with Gasteiger partial charge < -0.3 is 10.6 Å². The number of pyridine rings is 1. The van der Waals surface area contributed by atoms with E-state index >= 15 is 0 Å². The lowest BCUT2D eigenvalue weighted by Crippen LogP contribution is -2.34. The van der Waals surface area contributed by atoms with Gasteiger partial charge in [-0.2, -0.15) is 0 Å². The van der Waals surface area contributed by atoms with Gasteiger partial charge in [-0.15, -0.1) is 0 Å². The summed E-state index contributed by atoms with van der Waals surface area (Å²) in [5, 5.41) is 0. The zero-order chi connectivity index (χ0) is 19.0. The number of rotatable bonds is 3. The van der Waals surface area contributed by atoms with E-state index in [4.69, 9.17) is 5.73 Å². The number of benzene rings is 1. The second-order valence-corrected chi connectivity index (χ2v) is 7.52. The molecule has 1 saturated carbocycles. The molecule has 1 aromatic heterocycles. The Hall–Kier alpha value is -2.34. The largest absolute Gasteiger partial charge is 0.342 e.